The second kappa shape index (κ2) is 5.92. The van der Waals surface area contributed by atoms with Crippen LogP contribution in [-0.4, -0.2) is 42.4 Å². The topological polar surface area (TPSA) is 55.8 Å². The van der Waals surface area contributed by atoms with E-state index in [1.165, 1.54) is 0 Å². The van der Waals surface area contributed by atoms with Crippen molar-refractivity contribution in [2.75, 3.05) is 20.2 Å². The predicted molar refractivity (Wildman–Crippen MR) is 92.3 cm³/mol. The van der Waals surface area contributed by atoms with E-state index in [4.69, 9.17) is 9.47 Å². The molecule has 2 aliphatic rings. The largest absolute Gasteiger partial charge is 0.497 e. The van der Waals surface area contributed by atoms with Crippen molar-refractivity contribution >= 4 is 11.7 Å². The third-order valence-corrected chi connectivity index (χ3v) is 4.94. The van der Waals surface area contributed by atoms with Crippen LogP contribution in [0.25, 0.3) is 0 Å². The fraction of sp³-hybridized carbons (Fsp3) is 0.300. The van der Waals surface area contributed by atoms with Crippen LogP contribution in [0.5, 0.6) is 11.5 Å². The lowest BCUT2D eigenvalue weighted by Crippen LogP contribution is -2.45. The standard InChI is InChI=1S/C20H19NO4/c1-24-15-8-6-14(7-9-15)19(23)21-11-10-20(13-21)12-17(22)16-4-2-3-5-18(16)25-20/h2-9H,10-13H2,1H3. The summed E-state index contributed by atoms with van der Waals surface area (Å²) in [6, 6.07) is 14.4. The summed E-state index contributed by atoms with van der Waals surface area (Å²) in [4.78, 5) is 27.0. The molecule has 5 heteroatoms. The van der Waals surface area contributed by atoms with Crippen LogP contribution in [0.2, 0.25) is 0 Å². The van der Waals surface area contributed by atoms with E-state index in [0.29, 0.717) is 48.6 Å². The van der Waals surface area contributed by atoms with E-state index < -0.39 is 5.60 Å². The Balaban J connectivity index is 1.53. The smallest absolute Gasteiger partial charge is 0.253 e. The number of fused-ring (bicyclic) bond motifs is 1. The number of hydrogen-bond acceptors (Lipinski definition) is 4. The van der Waals surface area contributed by atoms with E-state index in [1.54, 1.807) is 42.3 Å². The first-order valence-electron chi connectivity index (χ1n) is 8.35. The van der Waals surface area contributed by atoms with E-state index in [9.17, 15) is 9.59 Å². The lowest BCUT2D eigenvalue weighted by Gasteiger charge is -2.34. The van der Waals surface area contributed by atoms with Gasteiger partial charge in [-0.25, -0.2) is 0 Å². The summed E-state index contributed by atoms with van der Waals surface area (Å²) < 4.78 is 11.3. The molecule has 1 saturated heterocycles. The molecule has 2 aromatic rings. The SMILES string of the molecule is COc1ccc(C(=O)N2CCC3(CC(=O)c4ccccc4O3)C2)cc1. The molecule has 0 aromatic heterocycles. The van der Waals surface area contributed by atoms with E-state index >= 15 is 0 Å². The Morgan fingerprint density at radius 1 is 1.16 bits per heavy atom. The van der Waals surface area contributed by atoms with Crippen LogP contribution < -0.4 is 9.47 Å². The molecule has 2 heterocycles. The Hall–Kier alpha value is -2.82. The van der Waals surface area contributed by atoms with Gasteiger partial charge in [0.2, 0.25) is 0 Å². The first-order valence-corrected chi connectivity index (χ1v) is 8.35. The zero-order valence-corrected chi connectivity index (χ0v) is 14.0. The second-order valence-corrected chi connectivity index (χ2v) is 6.59. The molecule has 0 N–H and O–H groups in total. The number of ketones is 1. The van der Waals surface area contributed by atoms with E-state index in [1.807, 2.05) is 18.2 Å². The van der Waals surface area contributed by atoms with Crippen molar-refractivity contribution in [2.45, 2.75) is 18.4 Å². The first kappa shape index (κ1) is 15.7. The number of para-hydroxylation sites is 1. The average Bonchev–Trinajstić information content (AvgIpc) is 3.04. The van der Waals surface area contributed by atoms with E-state index in [0.717, 1.165) is 0 Å². The van der Waals surface area contributed by atoms with Gasteiger partial charge in [-0.3, -0.25) is 9.59 Å². The van der Waals surface area contributed by atoms with Crippen LogP contribution in [-0.2, 0) is 0 Å². The molecule has 5 nitrogen and oxygen atoms in total. The van der Waals surface area contributed by atoms with Crippen molar-refractivity contribution in [3.05, 3.63) is 59.7 Å². The van der Waals surface area contributed by atoms with Gasteiger partial charge in [0.25, 0.3) is 5.91 Å². The molecule has 1 unspecified atom stereocenters. The highest BCUT2D eigenvalue weighted by Crippen LogP contribution is 2.38. The van der Waals surface area contributed by atoms with Gasteiger partial charge in [0.1, 0.15) is 17.1 Å². The molecule has 2 aliphatic heterocycles. The third kappa shape index (κ3) is 2.76. The fourth-order valence-electron chi connectivity index (χ4n) is 3.60. The van der Waals surface area contributed by atoms with Crippen molar-refractivity contribution in [3.63, 3.8) is 0 Å². The Morgan fingerprint density at radius 3 is 2.68 bits per heavy atom. The summed E-state index contributed by atoms with van der Waals surface area (Å²) in [5, 5.41) is 0. The Bertz CT molecular complexity index is 830. The first-order chi connectivity index (χ1) is 12.1. The molecule has 25 heavy (non-hydrogen) atoms. The molecule has 0 saturated carbocycles. The fourth-order valence-corrected chi connectivity index (χ4v) is 3.60. The minimum absolute atomic E-state index is 0.0468. The molecular weight excluding hydrogens is 318 g/mol. The lowest BCUT2D eigenvalue weighted by atomic mass is 9.89. The van der Waals surface area contributed by atoms with Crippen molar-refractivity contribution in [2.24, 2.45) is 0 Å². The van der Waals surface area contributed by atoms with Gasteiger partial charge in [0, 0.05) is 18.5 Å². The van der Waals surface area contributed by atoms with Crippen LogP contribution in [0, 0.1) is 0 Å². The number of carbonyl (C=O) groups excluding carboxylic acids is 2. The second-order valence-electron chi connectivity index (χ2n) is 6.59. The molecule has 0 bridgehead atoms. The third-order valence-electron chi connectivity index (χ3n) is 4.94. The van der Waals surface area contributed by atoms with Gasteiger partial charge in [-0.2, -0.15) is 0 Å². The van der Waals surface area contributed by atoms with Gasteiger partial charge in [0.05, 0.1) is 25.6 Å². The molecular formula is C20H19NO4. The van der Waals surface area contributed by atoms with Crippen molar-refractivity contribution < 1.29 is 19.1 Å². The number of nitrogens with zero attached hydrogens (tertiary/aromatic N) is 1. The molecule has 1 spiro atoms. The van der Waals surface area contributed by atoms with Crippen LogP contribution in [0.3, 0.4) is 0 Å². The van der Waals surface area contributed by atoms with Crippen LogP contribution in [0.4, 0.5) is 0 Å². The number of benzene rings is 2. The predicted octanol–water partition coefficient (Wildman–Crippen LogP) is 2.95. The summed E-state index contributed by atoms with van der Waals surface area (Å²) in [5.74, 6) is 1.37. The zero-order valence-electron chi connectivity index (χ0n) is 14.0. The van der Waals surface area contributed by atoms with Gasteiger partial charge >= 0.3 is 0 Å². The highest BCUT2D eigenvalue weighted by atomic mass is 16.5. The van der Waals surface area contributed by atoms with Crippen LogP contribution in [0.15, 0.2) is 48.5 Å². The summed E-state index contributed by atoms with van der Waals surface area (Å²) in [6.45, 7) is 1.01. The maximum atomic E-state index is 12.7. The molecule has 0 radical (unpaired) electrons. The molecule has 1 amide bonds. The molecule has 1 fully saturated rings. The minimum Gasteiger partial charge on any atom is -0.497 e. The zero-order chi connectivity index (χ0) is 17.4. The van der Waals surface area contributed by atoms with Crippen molar-refractivity contribution in [1.82, 2.24) is 4.90 Å². The summed E-state index contributed by atoms with van der Waals surface area (Å²) in [7, 11) is 1.59. The number of amides is 1. The van der Waals surface area contributed by atoms with Crippen molar-refractivity contribution in [3.8, 4) is 11.5 Å². The maximum absolute atomic E-state index is 12.7. The summed E-state index contributed by atoms with van der Waals surface area (Å²) in [5.41, 5.74) is 0.640. The van der Waals surface area contributed by atoms with Crippen LogP contribution >= 0.6 is 0 Å². The number of ether oxygens (including phenoxy) is 2. The van der Waals surface area contributed by atoms with Gasteiger partial charge in [0.15, 0.2) is 5.78 Å². The maximum Gasteiger partial charge on any atom is 0.253 e. The molecule has 0 aliphatic carbocycles. The molecule has 2 aromatic carbocycles. The highest BCUT2D eigenvalue weighted by Gasteiger charge is 2.46. The number of Topliss-reactive ketones (excluding diaryl/α,β-unsaturated/α-hetero) is 1. The number of likely N-dealkylation sites (tertiary alicyclic amines) is 1. The lowest BCUT2D eigenvalue weighted by molar-refractivity contribution is 0.0428. The molecule has 4 rings (SSSR count). The number of methoxy groups -OCH3 is 1. The van der Waals surface area contributed by atoms with Gasteiger partial charge in [-0.05, 0) is 36.4 Å². The summed E-state index contributed by atoms with van der Waals surface area (Å²) >= 11 is 0. The van der Waals surface area contributed by atoms with E-state index in [2.05, 4.69) is 0 Å². The average molecular weight is 337 g/mol. The monoisotopic (exact) mass is 337 g/mol. The molecule has 1 atom stereocenters. The Kier molecular flexibility index (Phi) is 3.71. The van der Waals surface area contributed by atoms with Gasteiger partial charge in [-0.1, -0.05) is 12.1 Å². The Morgan fingerprint density at radius 2 is 1.92 bits per heavy atom. The van der Waals surface area contributed by atoms with E-state index in [-0.39, 0.29) is 11.7 Å². The number of rotatable bonds is 2. The highest BCUT2D eigenvalue weighted by molar-refractivity contribution is 6.00. The van der Waals surface area contributed by atoms with Crippen molar-refractivity contribution in [1.29, 1.82) is 0 Å². The normalized spacial score (nSPS) is 21.8. The summed E-state index contributed by atoms with van der Waals surface area (Å²) in [6.07, 6.45) is 0.978. The molecule has 128 valence electrons. The van der Waals surface area contributed by atoms with Gasteiger partial charge in [-0.15, -0.1) is 0 Å². The van der Waals surface area contributed by atoms with Gasteiger partial charge < -0.3 is 14.4 Å². The minimum atomic E-state index is -0.604. The quantitative estimate of drug-likeness (QED) is 0.845. The number of carbonyl (C=O) groups is 2. The van der Waals surface area contributed by atoms with Crippen LogP contribution in [0.1, 0.15) is 33.6 Å². The number of hydrogen-bond donors (Lipinski definition) is 0. The Labute approximate surface area is 146 Å².